The zero-order valence-electron chi connectivity index (χ0n) is 21.9. The summed E-state index contributed by atoms with van der Waals surface area (Å²) in [7, 11) is 2.98. The third-order valence-electron chi connectivity index (χ3n) is 6.19. The van der Waals surface area contributed by atoms with Crippen LogP contribution in [0.3, 0.4) is 0 Å². The van der Waals surface area contributed by atoms with Gasteiger partial charge in [0, 0.05) is 15.4 Å². The molecular formula is C31H23BrClN3O5. The molecule has 0 aliphatic heterocycles. The summed E-state index contributed by atoms with van der Waals surface area (Å²) in [6.45, 7) is 0. The van der Waals surface area contributed by atoms with Crippen molar-refractivity contribution in [2.24, 2.45) is 5.10 Å². The van der Waals surface area contributed by atoms with Gasteiger partial charge in [-0.15, -0.1) is 0 Å². The van der Waals surface area contributed by atoms with Crippen LogP contribution in [-0.4, -0.2) is 37.3 Å². The number of aromatic amines is 1. The SMILES string of the molecule is COc1cccc(C(=O)Oc2ccc(C=NNC(=O)c3[nH]c4c(Cl)cc(Br)cc4c3-c3ccccc3)cc2OC)c1. The fourth-order valence-corrected chi connectivity index (χ4v) is 5.13. The molecule has 0 atom stereocenters. The summed E-state index contributed by atoms with van der Waals surface area (Å²) in [5, 5.41) is 5.41. The van der Waals surface area contributed by atoms with Crippen LogP contribution in [0, 0.1) is 0 Å². The molecule has 0 saturated heterocycles. The lowest BCUT2D eigenvalue weighted by Gasteiger charge is -2.10. The predicted molar refractivity (Wildman–Crippen MR) is 162 cm³/mol. The lowest BCUT2D eigenvalue weighted by atomic mass is 10.0. The molecular weight excluding hydrogens is 610 g/mol. The van der Waals surface area contributed by atoms with Crippen LogP contribution in [0.1, 0.15) is 26.4 Å². The van der Waals surface area contributed by atoms with Gasteiger partial charge in [0.2, 0.25) is 0 Å². The van der Waals surface area contributed by atoms with E-state index in [4.69, 9.17) is 25.8 Å². The number of halogens is 2. The molecule has 0 fully saturated rings. The van der Waals surface area contributed by atoms with Gasteiger partial charge in [0.05, 0.1) is 36.5 Å². The first-order valence-electron chi connectivity index (χ1n) is 12.3. The lowest BCUT2D eigenvalue weighted by Crippen LogP contribution is -2.18. The Hall–Kier alpha value is -4.60. The maximum atomic E-state index is 13.3. The number of H-pyrrole nitrogens is 1. The number of hydrogen-bond donors (Lipinski definition) is 2. The topological polar surface area (TPSA) is 102 Å². The molecule has 0 aliphatic rings. The molecule has 5 aromatic rings. The molecule has 8 nitrogen and oxygen atoms in total. The van der Waals surface area contributed by atoms with Gasteiger partial charge in [-0.3, -0.25) is 4.79 Å². The van der Waals surface area contributed by atoms with E-state index in [1.54, 1.807) is 48.5 Å². The predicted octanol–water partition coefficient (Wildman–Crippen LogP) is 7.25. The van der Waals surface area contributed by atoms with Crippen molar-refractivity contribution >= 4 is 56.5 Å². The number of rotatable bonds is 8. The molecule has 0 bridgehead atoms. The molecule has 0 aliphatic carbocycles. The van der Waals surface area contributed by atoms with E-state index in [2.05, 4.69) is 31.4 Å². The van der Waals surface area contributed by atoms with Crippen LogP contribution in [0.15, 0.2) is 94.5 Å². The summed E-state index contributed by atoms with van der Waals surface area (Å²) < 4.78 is 16.9. The highest BCUT2D eigenvalue weighted by Gasteiger charge is 2.21. The van der Waals surface area contributed by atoms with Crippen molar-refractivity contribution in [3.8, 4) is 28.4 Å². The number of benzene rings is 4. The van der Waals surface area contributed by atoms with Gasteiger partial charge in [-0.2, -0.15) is 5.10 Å². The fraction of sp³-hybridized carbons (Fsp3) is 0.0645. The van der Waals surface area contributed by atoms with Gasteiger partial charge in [0.1, 0.15) is 11.4 Å². The number of ether oxygens (including phenoxy) is 3. The molecule has 0 spiro atoms. The molecule has 2 N–H and O–H groups in total. The first kappa shape index (κ1) is 27.9. The van der Waals surface area contributed by atoms with E-state index in [-0.39, 0.29) is 5.75 Å². The van der Waals surface area contributed by atoms with E-state index < -0.39 is 11.9 Å². The number of esters is 1. The van der Waals surface area contributed by atoms with E-state index in [0.717, 1.165) is 15.4 Å². The van der Waals surface area contributed by atoms with E-state index in [1.165, 1.54) is 20.4 Å². The normalized spacial score (nSPS) is 11.0. The number of carbonyl (C=O) groups excluding carboxylic acids is 2. The number of methoxy groups -OCH3 is 2. The molecule has 41 heavy (non-hydrogen) atoms. The van der Waals surface area contributed by atoms with Crippen molar-refractivity contribution in [1.29, 1.82) is 0 Å². The molecule has 0 saturated carbocycles. The second-order valence-corrected chi connectivity index (χ2v) is 10.1. The molecule has 206 valence electrons. The van der Waals surface area contributed by atoms with Crippen LogP contribution in [0.4, 0.5) is 0 Å². The van der Waals surface area contributed by atoms with Crippen LogP contribution in [-0.2, 0) is 0 Å². The fourth-order valence-electron chi connectivity index (χ4n) is 4.27. The zero-order valence-corrected chi connectivity index (χ0v) is 24.2. The second kappa shape index (κ2) is 12.3. The van der Waals surface area contributed by atoms with Crippen LogP contribution in [0.2, 0.25) is 5.02 Å². The van der Waals surface area contributed by atoms with Gasteiger partial charge >= 0.3 is 5.97 Å². The summed E-state index contributed by atoms with van der Waals surface area (Å²) in [6.07, 6.45) is 1.46. The molecule has 10 heteroatoms. The van der Waals surface area contributed by atoms with Crippen molar-refractivity contribution in [1.82, 2.24) is 10.4 Å². The Bertz CT molecular complexity index is 1790. The highest BCUT2D eigenvalue weighted by Crippen LogP contribution is 2.37. The average molecular weight is 633 g/mol. The average Bonchev–Trinajstić information content (AvgIpc) is 3.38. The van der Waals surface area contributed by atoms with Crippen molar-refractivity contribution in [3.05, 3.63) is 111 Å². The third kappa shape index (κ3) is 6.11. The number of amides is 1. The molecule has 0 unspecified atom stereocenters. The molecule has 1 amide bonds. The molecule has 5 rings (SSSR count). The first-order valence-corrected chi connectivity index (χ1v) is 13.5. The van der Waals surface area contributed by atoms with Gasteiger partial charge in [-0.05, 0) is 59.7 Å². The Kier molecular flexibility index (Phi) is 8.37. The van der Waals surface area contributed by atoms with Crippen molar-refractivity contribution in [2.45, 2.75) is 0 Å². The standard InChI is InChI=1S/C31H23BrClN3O5/c1-39-22-10-6-9-20(14-22)31(38)41-25-12-11-18(13-26(25)40-2)17-34-36-30(37)29-27(19-7-4-3-5-8-19)23-15-21(32)16-24(33)28(23)35-29/h3-17,35H,1-2H3,(H,36,37). The molecule has 0 radical (unpaired) electrons. The van der Waals surface area contributed by atoms with E-state index in [0.29, 0.717) is 44.4 Å². The van der Waals surface area contributed by atoms with Crippen molar-refractivity contribution in [3.63, 3.8) is 0 Å². The van der Waals surface area contributed by atoms with Crippen molar-refractivity contribution < 1.29 is 23.8 Å². The van der Waals surface area contributed by atoms with Gasteiger partial charge < -0.3 is 19.2 Å². The minimum Gasteiger partial charge on any atom is -0.497 e. The highest BCUT2D eigenvalue weighted by molar-refractivity contribution is 9.10. The van der Waals surface area contributed by atoms with Gasteiger partial charge in [-0.1, -0.05) is 63.9 Å². The minimum absolute atomic E-state index is 0.232. The van der Waals surface area contributed by atoms with E-state index in [1.807, 2.05) is 36.4 Å². The maximum absolute atomic E-state index is 13.3. The summed E-state index contributed by atoms with van der Waals surface area (Å²) in [6, 6.07) is 24.8. The Balaban J connectivity index is 1.36. The minimum atomic E-state index is -0.560. The number of hydrazone groups is 1. The van der Waals surface area contributed by atoms with Crippen molar-refractivity contribution in [2.75, 3.05) is 14.2 Å². The van der Waals surface area contributed by atoms with Gasteiger partial charge in [0.25, 0.3) is 5.91 Å². The number of aromatic nitrogens is 1. The van der Waals surface area contributed by atoms with E-state index >= 15 is 0 Å². The van der Waals surface area contributed by atoms with Crippen LogP contribution in [0.5, 0.6) is 17.2 Å². The lowest BCUT2D eigenvalue weighted by molar-refractivity contribution is 0.0729. The highest BCUT2D eigenvalue weighted by atomic mass is 79.9. The Labute approximate surface area is 249 Å². The smallest absolute Gasteiger partial charge is 0.343 e. The van der Waals surface area contributed by atoms with Crippen LogP contribution >= 0.6 is 27.5 Å². The van der Waals surface area contributed by atoms with Gasteiger partial charge in [0.15, 0.2) is 11.5 Å². The first-order chi connectivity index (χ1) is 19.9. The number of nitrogens with zero attached hydrogens (tertiary/aromatic N) is 1. The van der Waals surface area contributed by atoms with E-state index in [9.17, 15) is 9.59 Å². The Morgan fingerprint density at radius 2 is 1.73 bits per heavy atom. The molecule has 4 aromatic carbocycles. The number of carbonyl (C=O) groups is 2. The monoisotopic (exact) mass is 631 g/mol. The Morgan fingerprint density at radius 1 is 0.927 bits per heavy atom. The quantitative estimate of drug-likeness (QED) is 0.0812. The summed E-state index contributed by atoms with van der Waals surface area (Å²) >= 11 is 9.96. The number of nitrogens with one attached hydrogen (secondary N) is 2. The van der Waals surface area contributed by atoms with Crippen LogP contribution in [0.25, 0.3) is 22.0 Å². The molecule has 1 aromatic heterocycles. The summed E-state index contributed by atoms with van der Waals surface area (Å²) in [5.74, 6) is 0.0861. The largest absolute Gasteiger partial charge is 0.497 e. The van der Waals surface area contributed by atoms with Crippen LogP contribution < -0.4 is 19.6 Å². The summed E-state index contributed by atoms with van der Waals surface area (Å²) in [4.78, 5) is 29.1. The molecule has 1 heterocycles. The zero-order chi connectivity index (χ0) is 28.9. The number of fused-ring (bicyclic) bond motifs is 1. The third-order valence-corrected chi connectivity index (χ3v) is 6.95. The number of hydrogen-bond acceptors (Lipinski definition) is 6. The van der Waals surface area contributed by atoms with Gasteiger partial charge in [-0.25, -0.2) is 10.2 Å². The summed E-state index contributed by atoms with van der Waals surface area (Å²) in [5.41, 5.74) is 6.04. The second-order valence-electron chi connectivity index (χ2n) is 8.78. The Morgan fingerprint density at radius 3 is 2.49 bits per heavy atom. The maximum Gasteiger partial charge on any atom is 0.343 e.